The van der Waals surface area contributed by atoms with Gasteiger partial charge in [-0.05, 0) is 49.1 Å². The Morgan fingerprint density at radius 1 is 1.08 bits per heavy atom. The lowest BCUT2D eigenvalue weighted by molar-refractivity contribution is -0.137. The summed E-state index contributed by atoms with van der Waals surface area (Å²) >= 11 is 1.45. The average molecular weight is 518 g/mol. The highest BCUT2D eigenvalue weighted by Crippen LogP contribution is 2.34. The number of nitrogens with one attached hydrogen (secondary N) is 1. The summed E-state index contributed by atoms with van der Waals surface area (Å²) in [6.45, 7) is 2.43. The van der Waals surface area contributed by atoms with Crippen LogP contribution in [0.15, 0.2) is 53.6 Å². The zero-order valence-corrected chi connectivity index (χ0v) is 20.5. The monoisotopic (exact) mass is 517 g/mol. The number of hydrazone groups is 1. The Labute approximate surface area is 211 Å². The van der Waals surface area contributed by atoms with E-state index >= 15 is 0 Å². The number of thiazole rings is 1. The molecule has 3 aromatic rings. The van der Waals surface area contributed by atoms with Gasteiger partial charge in [0.25, 0.3) is 0 Å². The van der Waals surface area contributed by atoms with Crippen LogP contribution >= 0.6 is 11.3 Å². The second-order valence-electron chi connectivity index (χ2n) is 8.31. The third-order valence-electron chi connectivity index (χ3n) is 5.63. The third kappa shape index (κ3) is 6.63. The van der Waals surface area contributed by atoms with Crippen LogP contribution in [0.1, 0.15) is 47.9 Å². The quantitative estimate of drug-likeness (QED) is 0.309. The van der Waals surface area contributed by atoms with Crippen molar-refractivity contribution in [3.63, 3.8) is 0 Å². The number of hydrogen-bond acceptors (Lipinski definition) is 7. The van der Waals surface area contributed by atoms with Gasteiger partial charge in [-0.2, -0.15) is 13.2 Å². The molecule has 0 saturated carbocycles. The number of aryl methyl sites for hydroxylation is 2. The fraction of sp³-hybridized carbons (Fsp3) is 0.346. The molecule has 0 spiro atoms. The molecule has 4 rings (SSSR count). The van der Waals surface area contributed by atoms with Crippen LogP contribution in [0.25, 0.3) is 10.6 Å². The van der Waals surface area contributed by atoms with E-state index in [-0.39, 0.29) is 0 Å². The Morgan fingerprint density at radius 3 is 2.47 bits per heavy atom. The first-order valence-corrected chi connectivity index (χ1v) is 12.5. The lowest BCUT2D eigenvalue weighted by Gasteiger charge is -2.08. The van der Waals surface area contributed by atoms with E-state index in [9.17, 15) is 18.0 Å². The number of carbonyl (C=O) groups excluding carboxylic acids is 1. The molecule has 0 aliphatic carbocycles. The van der Waals surface area contributed by atoms with Gasteiger partial charge < -0.3 is 9.47 Å². The van der Waals surface area contributed by atoms with E-state index in [0.717, 1.165) is 47.5 Å². The van der Waals surface area contributed by atoms with E-state index in [1.807, 2.05) is 24.3 Å². The molecule has 10 heteroatoms. The molecular weight excluding hydrogens is 491 g/mol. The first-order valence-electron chi connectivity index (χ1n) is 11.7. The van der Waals surface area contributed by atoms with Gasteiger partial charge in [-0.1, -0.05) is 37.6 Å². The topological polar surface area (TPSA) is 72.8 Å². The number of nitrogens with zero attached hydrogens (tertiary/aromatic N) is 2. The van der Waals surface area contributed by atoms with Crippen molar-refractivity contribution in [1.29, 1.82) is 0 Å². The largest absolute Gasteiger partial charge is 0.488 e. The van der Waals surface area contributed by atoms with Crippen LogP contribution in [0.3, 0.4) is 0 Å². The predicted molar refractivity (Wildman–Crippen MR) is 132 cm³/mol. The fourth-order valence-corrected chi connectivity index (χ4v) is 4.65. The first kappa shape index (κ1) is 25.7. The van der Waals surface area contributed by atoms with Crippen LogP contribution < -0.4 is 10.2 Å². The maximum absolute atomic E-state index is 12.9. The summed E-state index contributed by atoms with van der Waals surface area (Å²) < 4.78 is 50.0. The van der Waals surface area contributed by atoms with Gasteiger partial charge in [-0.3, -0.25) is 10.2 Å². The molecule has 1 aliphatic heterocycles. The highest BCUT2D eigenvalue weighted by molar-refractivity contribution is 7.15. The Bertz CT molecular complexity index is 1190. The number of aromatic nitrogens is 1. The van der Waals surface area contributed by atoms with Crippen LogP contribution in [0.5, 0.6) is 5.75 Å². The maximum atomic E-state index is 12.9. The van der Waals surface area contributed by atoms with Crippen molar-refractivity contribution in [3.05, 3.63) is 70.2 Å². The fourth-order valence-electron chi connectivity index (χ4n) is 3.62. The molecule has 2 aromatic carbocycles. The van der Waals surface area contributed by atoms with Gasteiger partial charge in [0.2, 0.25) is 12.1 Å². The molecule has 1 N–H and O–H groups in total. The summed E-state index contributed by atoms with van der Waals surface area (Å²) in [7, 11) is 0. The molecule has 1 aliphatic rings. The van der Waals surface area contributed by atoms with Crippen molar-refractivity contribution in [2.75, 3.05) is 0 Å². The average Bonchev–Trinajstić information content (AvgIpc) is 3.52. The molecule has 2 heterocycles. The Morgan fingerprint density at radius 2 is 1.83 bits per heavy atom. The van der Waals surface area contributed by atoms with Crippen LogP contribution in [-0.2, 0) is 35.2 Å². The van der Waals surface area contributed by atoms with E-state index < -0.39 is 18.0 Å². The summed E-state index contributed by atoms with van der Waals surface area (Å²) in [5, 5.41) is 4.67. The number of unbranched alkanes of at least 4 members (excludes halogenated alkanes) is 1. The van der Waals surface area contributed by atoms with Gasteiger partial charge in [0, 0.05) is 12.0 Å². The first-order chi connectivity index (χ1) is 17.4. The van der Waals surface area contributed by atoms with Crippen LogP contribution in [-0.4, -0.2) is 23.4 Å². The van der Waals surface area contributed by atoms with Crippen molar-refractivity contribution >= 4 is 23.5 Å². The number of hydrogen-bond donors (Lipinski definition) is 1. The lowest BCUT2D eigenvalue weighted by atomic mass is 10.1. The van der Waals surface area contributed by atoms with Gasteiger partial charge >= 0.3 is 6.18 Å². The van der Waals surface area contributed by atoms with Gasteiger partial charge in [-0.15, -0.1) is 16.4 Å². The molecule has 0 bridgehead atoms. The highest BCUT2D eigenvalue weighted by atomic mass is 32.1. The van der Waals surface area contributed by atoms with Crippen molar-refractivity contribution in [2.24, 2.45) is 5.10 Å². The van der Waals surface area contributed by atoms with E-state index in [4.69, 9.17) is 14.5 Å². The summed E-state index contributed by atoms with van der Waals surface area (Å²) in [6, 6.07) is 12.8. The molecule has 0 amide bonds. The lowest BCUT2D eigenvalue weighted by Crippen LogP contribution is -2.22. The van der Waals surface area contributed by atoms with E-state index in [1.54, 1.807) is 0 Å². The SMILES string of the molecule is CCCCc1nc(-c2ccc(C(F)(F)F)cc2)sc1COc1ccc(CCC2=NNC(C=O)O2)cc1. The zero-order chi connectivity index (χ0) is 25.5. The summed E-state index contributed by atoms with van der Waals surface area (Å²) in [5.74, 6) is 1.21. The van der Waals surface area contributed by atoms with Crippen molar-refractivity contribution < 1.29 is 27.4 Å². The Kier molecular flexibility index (Phi) is 8.25. The predicted octanol–water partition coefficient (Wildman–Crippen LogP) is 6.14. The number of carbonyl (C=O) groups is 1. The second-order valence-corrected chi connectivity index (χ2v) is 9.39. The molecule has 0 radical (unpaired) electrons. The maximum Gasteiger partial charge on any atom is 0.416 e. The van der Waals surface area contributed by atoms with Crippen molar-refractivity contribution in [2.45, 2.75) is 58.0 Å². The molecule has 190 valence electrons. The van der Waals surface area contributed by atoms with Crippen LogP contribution in [0, 0.1) is 0 Å². The van der Waals surface area contributed by atoms with Crippen molar-refractivity contribution in [3.8, 4) is 16.3 Å². The number of rotatable bonds is 11. The molecule has 1 aromatic heterocycles. The number of halogens is 3. The summed E-state index contributed by atoms with van der Waals surface area (Å²) in [4.78, 5) is 16.4. The van der Waals surface area contributed by atoms with Gasteiger partial charge in [0.15, 0.2) is 6.29 Å². The molecule has 6 nitrogen and oxygen atoms in total. The minimum atomic E-state index is -4.36. The summed E-state index contributed by atoms with van der Waals surface area (Å²) in [6.07, 6.45) is -0.358. The molecule has 1 unspecified atom stereocenters. The van der Waals surface area contributed by atoms with Crippen LogP contribution in [0.4, 0.5) is 13.2 Å². The summed E-state index contributed by atoms with van der Waals surface area (Å²) in [5.41, 5.74) is 4.59. The second kappa shape index (κ2) is 11.6. The highest BCUT2D eigenvalue weighted by Gasteiger charge is 2.30. The van der Waals surface area contributed by atoms with E-state index in [0.29, 0.717) is 48.0 Å². The van der Waals surface area contributed by atoms with Gasteiger partial charge in [-0.25, -0.2) is 4.98 Å². The molecule has 0 fully saturated rings. The van der Waals surface area contributed by atoms with E-state index in [2.05, 4.69) is 17.5 Å². The number of aldehydes is 1. The minimum Gasteiger partial charge on any atom is -0.488 e. The van der Waals surface area contributed by atoms with Crippen molar-refractivity contribution in [1.82, 2.24) is 10.4 Å². The van der Waals surface area contributed by atoms with Gasteiger partial charge in [0.1, 0.15) is 17.4 Å². The molecule has 0 saturated heterocycles. The minimum absolute atomic E-state index is 0.333. The zero-order valence-electron chi connectivity index (χ0n) is 19.7. The molecule has 1 atom stereocenters. The number of alkyl halides is 3. The molecule has 36 heavy (non-hydrogen) atoms. The Balaban J connectivity index is 1.38. The number of ether oxygens (including phenoxy) is 2. The van der Waals surface area contributed by atoms with E-state index in [1.165, 1.54) is 23.5 Å². The standard InChI is InChI=1S/C26H26F3N3O3S/c1-2-3-4-21-22(36-25(30-21)18-8-10-19(11-9-18)26(27,28)29)16-34-20-12-5-17(6-13-20)7-14-23-31-32-24(15-33)35-23/h5-6,8-13,15,24,32H,2-4,7,14,16H2,1H3. The normalized spacial score (nSPS) is 15.2. The number of benzene rings is 2. The smallest absolute Gasteiger partial charge is 0.416 e. The molecular formula is C26H26F3N3O3S. The van der Waals surface area contributed by atoms with Crippen LogP contribution in [0.2, 0.25) is 0 Å². The third-order valence-corrected chi connectivity index (χ3v) is 6.75. The Hall–Kier alpha value is -3.40. The van der Waals surface area contributed by atoms with Gasteiger partial charge in [0.05, 0.1) is 16.1 Å².